The molecule has 18 heavy (non-hydrogen) atoms. The van der Waals surface area contributed by atoms with Crippen LogP contribution in [0.25, 0.3) is 0 Å². The predicted molar refractivity (Wildman–Crippen MR) is 68.3 cm³/mol. The molecule has 2 aromatic rings. The molecule has 1 aliphatic carbocycles. The van der Waals surface area contributed by atoms with Gasteiger partial charge in [0.1, 0.15) is 0 Å². The van der Waals surface area contributed by atoms with Crippen LogP contribution in [0.4, 0.5) is 0 Å². The number of aromatic nitrogens is 2. The first kappa shape index (κ1) is 11.0. The molecule has 1 N–H and O–H groups in total. The monoisotopic (exact) mass is 241 g/mol. The van der Waals surface area contributed by atoms with Crippen molar-refractivity contribution < 1.29 is 4.79 Å². The number of rotatable bonds is 4. The first-order valence-corrected chi connectivity index (χ1v) is 6.18. The Morgan fingerprint density at radius 1 is 1.33 bits per heavy atom. The van der Waals surface area contributed by atoms with Crippen molar-refractivity contribution in [1.82, 2.24) is 15.1 Å². The molecule has 1 heterocycles. The topological polar surface area (TPSA) is 46.9 Å². The zero-order chi connectivity index (χ0) is 12.4. The minimum Gasteiger partial charge on any atom is -0.349 e. The molecule has 0 unspecified atom stereocenters. The molecule has 4 heteroatoms. The van der Waals surface area contributed by atoms with Crippen LogP contribution in [0.3, 0.4) is 0 Å². The fourth-order valence-corrected chi connectivity index (χ4v) is 1.84. The van der Waals surface area contributed by atoms with Gasteiger partial charge >= 0.3 is 0 Å². The number of nitrogens with one attached hydrogen (secondary N) is 1. The average Bonchev–Trinajstić information content (AvgIpc) is 3.04. The first-order chi connectivity index (χ1) is 8.81. The Morgan fingerprint density at radius 2 is 2.11 bits per heavy atom. The molecule has 0 radical (unpaired) electrons. The molecular formula is C14H15N3O. The van der Waals surface area contributed by atoms with Crippen molar-refractivity contribution in [3.8, 4) is 0 Å². The van der Waals surface area contributed by atoms with Gasteiger partial charge < -0.3 is 5.32 Å². The smallest absolute Gasteiger partial charge is 0.251 e. The van der Waals surface area contributed by atoms with Crippen LogP contribution >= 0.6 is 0 Å². The van der Waals surface area contributed by atoms with E-state index in [0.717, 1.165) is 30.5 Å². The van der Waals surface area contributed by atoms with E-state index >= 15 is 0 Å². The molecular weight excluding hydrogens is 226 g/mol. The number of benzene rings is 1. The summed E-state index contributed by atoms with van der Waals surface area (Å²) >= 11 is 0. The maximum atomic E-state index is 11.8. The maximum Gasteiger partial charge on any atom is 0.251 e. The van der Waals surface area contributed by atoms with Crippen LogP contribution in [-0.4, -0.2) is 21.7 Å². The Bertz CT molecular complexity index is 527. The number of hydrogen-bond donors (Lipinski definition) is 1. The van der Waals surface area contributed by atoms with Gasteiger partial charge in [-0.1, -0.05) is 12.1 Å². The molecule has 1 saturated carbocycles. The second-order valence-electron chi connectivity index (χ2n) is 4.65. The van der Waals surface area contributed by atoms with E-state index in [9.17, 15) is 4.79 Å². The largest absolute Gasteiger partial charge is 0.349 e. The molecule has 1 aromatic heterocycles. The molecule has 1 aromatic carbocycles. The third-order valence-corrected chi connectivity index (χ3v) is 3.03. The highest BCUT2D eigenvalue weighted by molar-refractivity contribution is 5.94. The molecule has 0 bridgehead atoms. The summed E-state index contributed by atoms with van der Waals surface area (Å²) in [5.41, 5.74) is 1.87. The van der Waals surface area contributed by atoms with E-state index in [1.807, 2.05) is 41.2 Å². The van der Waals surface area contributed by atoms with E-state index in [1.165, 1.54) is 0 Å². The molecule has 1 aliphatic rings. The van der Waals surface area contributed by atoms with Crippen molar-refractivity contribution in [2.75, 3.05) is 0 Å². The van der Waals surface area contributed by atoms with E-state index in [2.05, 4.69) is 10.4 Å². The predicted octanol–water partition coefficient (Wildman–Crippen LogP) is 1.82. The molecule has 0 spiro atoms. The highest BCUT2D eigenvalue weighted by atomic mass is 16.1. The standard InChI is InChI=1S/C14H15N3O/c18-14(16-13-6-7-13)12-4-2-11(3-5-12)10-17-9-1-8-15-17/h1-5,8-9,13H,6-7,10H2,(H,16,18). The summed E-state index contributed by atoms with van der Waals surface area (Å²) in [6, 6.07) is 10.00. The van der Waals surface area contributed by atoms with Gasteiger partial charge in [0.25, 0.3) is 5.91 Å². The fraction of sp³-hybridized carbons (Fsp3) is 0.286. The summed E-state index contributed by atoms with van der Waals surface area (Å²) in [4.78, 5) is 11.8. The second kappa shape index (κ2) is 4.64. The molecule has 92 valence electrons. The van der Waals surface area contributed by atoms with Crippen LogP contribution in [0.2, 0.25) is 0 Å². The van der Waals surface area contributed by atoms with Gasteiger partial charge in [-0.3, -0.25) is 9.48 Å². The summed E-state index contributed by atoms with van der Waals surface area (Å²) in [6.07, 6.45) is 5.91. The van der Waals surface area contributed by atoms with Crippen molar-refractivity contribution in [2.45, 2.75) is 25.4 Å². The quantitative estimate of drug-likeness (QED) is 0.887. The van der Waals surface area contributed by atoms with Crippen LogP contribution in [-0.2, 0) is 6.54 Å². The lowest BCUT2D eigenvalue weighted by atomic mass is 10.1. The van der Waals surface area contributed by atoms with E-state index < -0.39 is 0 Å². The lowest BCUT2D eigenvalue weighted by Gasteiger charge is -2.05. The second-order valence-corrected chi connectivity index (χ2v) is 4.65. The summed E-state index contributed by atoms with van der Waals surface area (Å²) < 4.78 is 1.86. The molecule has 1 amide bonds. The van der Waals surface area contributed by atoms with E-state index in [1.54, 1.807) is 6.20 Å². The van der Waals surface area contributed by atoms with Crippen molar-refractivity contribution in [1.29, 1.82) is 0 Å². The SMILES string of the molecule is O=C(NC1CC1)c1ccc(Cn2cccn2)cc1. The van der Waals surface area contributed by atoms with Crippen molar-refractivity contribution in [3.05, 3.63) is 53.9 Å². The number of carbonyl (C=O) groups is 1. The van der Waals surface area contributed by atoms with Crippen LogP contribution in [0, 0.1) is 0 Å². The van der Waals surface area contributed by atoms with Crippen molar-refractivity contribution >= 4 is 5.91 Å². The van der Waals surface area contributed by atoms with Crippen molar-refractivity contribution in [3.63, 3.8) is 0 Å². The summed E-state index contributed by atoms with van der Waals surface area (Å²) in [5.74, 6) is 0.0307. The zero-order valence-corrected chi connectivity index (χ0v) is 10.0. The van der Waals surface area contributed by atoms with Crippen molar-refractivity contribution in [2.24, 2.45) is 0 Å². The Hall–Kier alpha value is -2.10. The highest BCUT2D eigenvalue weighted by Gasteiger charge is 2.23. The minimum atomic E-state index is 0.0307. The average molecular weight is 241 g/mol. The Balaban J connectivity index is 1.66. The molecule has 3 rings (SSSR count). The van der Waals surface area contributed by atoms with Gasteiger partial charge in [-0.05, 0) is 36.6 Å². The Labute approximate surface area is 106 Å². The number of hydrogen-bond acceptors (Lipinski definition) is 2. The van der Waals surface area contributed by atoms with E-state index in [4.69, 9.17) is 0 Å². The van der Waals surface area contributed by atoms with Gasteiger partial charge in [0, 0.05) is 24.0 Å². The third-order valence-electron chi connectivity index (χ3n) is 3.03. The molecule has 4 nitrogen and oxygen atoms in total. The first-order valence-electron chi connectivity index (χ1n) is 6.18. The van der Waals surface area contributed by atoms with Gasteiger partial charge in [0.15, 0.2) is 0 Å². The lowest BCUT2D eigenvalue weighted by molar-refractivity contribution is 0.0951. The highest BCUT2D eigenvalue weighted by Crippen LogP contribution is 2.19. The van der Waals surface area contributed by atoms with Crippen LogP contribution in [0.1, 0.15) is 28.8 Å². The summed E-state index contributed by atoms with van der Waals surface area (Å²) in [5, 5.41) is 7.13. The Morgan fingerprint density at radius 3 is 2.72 bits per heavy atom. The molecule has 0 saturated heterocycles. The zero-order valence-electron chi connectivity index (χ0n) is 10.0. The molecule has 1 fully saturated rings. The van der Waals surface area contributed by atoms with Gasteiger partial charge in [-0.25, -0.2) is 0 Å². The fourth-order valence-electron chi connectivity index (χ4n) is 1.84. The van der Waals surface area contributed by atoms with Gasteiger partial charge in [-0.2, -0.15) is 5.10 Å². The maximum absolute atomic E-state index is 11.8. The van der Waals surface area contributed by atoms with E-state index in [-0.39, 0.29) is 5.91 Å². The van der Waals surface area contributed by atoms with Crippen LogP contribution in [0.15, 0.2) is 42.7 Å². The normalized spacial score (nSPS) is 14.4. The molecule has 0 atom stereocenters. The lowest BCUT2D eigenvalue weighted by Crippen LogP contribution is -2.25. The van der Waals surface area contributed by atoms with Gasteiger partial charge in [-0.15, -0.1) is 0 Å². The Kier molecular flexibility index (Phi) is 2.84. The summed E-state index contributed by atoms with van der Waals surface area (Å²) in [7, 11) is 0. The number of amides is 1. The van der Waals surface area contributed by atoms with Gasteiger partial charge in [0.05, 0.1) is 6.54 Å². The van der Waals surface area contributed by atoms with Crippen LogP contribution in [0.5, 0.6) is 0 Å². The van der Waals surface area contributed by atoms with Crippen LogP contribution < -0.4 is 5.32 Å². The van der Waals surface area contributed by atoms with E-state index in [0.29, 0.717) is 6.04 Å². The number of carbonyl (C=O) groups excluding carboxylic acids is 1. The minimum absolute atomic E-state index is 0.0307. The number of nitrogens with zero attached hydrogens (tertiary/aromatic N) is 2. The molecule has 0 aliphatic heterocycles. The third kappa shape index (κ3) is 2.59. The van der Waals surface area contributed by atoms with Gasteiger partial charge in [0.2, 0.25) is 0 Å². The summed E-state index contributed by atoms with van der Waals surface area (Å²) in [6.45, 7) is 0.734.